The minimum absolute atomic E-state index is 0.477. The van der Waals surface area contributed by atoms with Crippen LogP contribution in [-0.2, 0) is 24.4 Å². The SMILES string of the molecule is CCn1cnnc1CNCc1ccc(C(C)C(=O)O)cc1. The van der Waals surface area contributed by atoms with Crippen LogP contribution >= 0.6 is 0 Å². The van der Waals surface area contributed by atoms with E-state index in [1.165, 1.54) is 0 Å². The second-order valence-corrected chi connectivity index (χ2v) is 4.94. The van der Waals surface area contributed by atoms with Gasteiger partial charge in [-0.2, -0.15) is 0 Å². The van der Waals surface area contributed by atoms with E-state index in [1.54, 1.807) is 13.3 Å². The maximum Gasteiger partial charge on any atom is 0.310 e. The predicted molar refractivity (Wildman–Crippen MR) is 78.7 cm³/mol. The first-order valence-corrected chi connectivity index (χ1v) is 7.00. The Labute approximate surface area is 123 Å². The molecule has 6 nitrogen and oxygen atoms in total. The Morgan fingerprint density at radius 3 is 2.67 bits per heavy atom. The fraction of sp³-hybridized carbons (Fsp3) is 0.400. The van der Waals surface area contributed by atoms with E-state index >= 15 is 0 Å². The monoisotopic (exact) mass is 288 g/mol. The molecule has 0 aliphatic rings. The predicted octanol–water partition coefficient (Wildman–Crippen LogP) is 1.78. The Balaban J connectivity index is 1.88. The lowest BCUT2D eigenvalue weighted by Crippen LogP contribution is -2.16. The summed E-state index contributed by atoms with van der Waals surface area (Å²) in [5.41, 5.74) is 1.93. The molecule has 2 rings (SSSR count). The number of aromatic nitrogens is 3. The lowest BCUT2D eigenvalue weighted by Gasteiger charge is -2.09. The molecule has 0 radical (unpaired) electrons. The Morgan fingerprint density at radius 1 is 1.33 bits per heavy atom. The van der Waals surface area contributed by atoms with E-state index in [1.807, 2.05) is 28.8 Å². The van der Waals surface area contributed by atoms with Crippen LogP contribution in [0.5, 0.6) is 0 Å². The van der Waals surface area contributed by atoms with Crippen LogP contribution in [0.4, 0.5) is 0 Å². The number of rotatable bonds is 7. The van der Waals surface area contributed by atoms with Crippen LogP contribution in [0, 0.1) is 0 Å². The van der Waals surface area contributed by atoms with E-state index in [4.69, 9.17) is 5.11 Å². The number of nitrogens with one attached hydrogen (secondary N) is 1. The van der Waals surface area contributed by atoms with Crippen LogP contribution in [0.1, 0.15) is 36.7 Å². The summed E-state index contributed by atoms with van der Waals surface area (Å²) in [6, 6.07) is 7.63. The number of carbonyl (C=O) groups is 1. The maximum absolute atomic E-state index is 10.9. The van der Waals surface area contributed by atoms with Crippen molar-refractivity contribution in [3.05, 3.63) is 47.5 Å². The van der Waals surface area contributed by atoms with Crippen LogP contribution in [0.15, 0.2) is 30.6 Å². The second-order valence-electron chi connectivity index (χ2n) is 4.94. The molecule has 21 heavy (non-hydrogen) atoms. The first kappa shape index (κ1) is 15.2. The molecule has 1 atom stereocenters. The third kappa shape index (κ3) is 3.88. The van der Waals surface area contributed by atoms with Gasteiger partial charge in [0.15, 0.2) is 0 Å². The Kier molecular flexibility index (Phi) is 5.05. The number of carboxylic acid groups (broad SMARTS) is 1. The number of hydrogen-bond donors (Lipinski definition) is 2. The molecule has 112 valence electrons. The third-order valence-electron chi connectivity index (χ3n) is 3.50. The van der Waals surface area contributed by atoms with E-state index < -0.39 is 11.9 Å². The zero-order valence-electron chi connectivity index (χ0n) is 12.3. The molecule has 1 unspecified atom stereocenters. The molecule has 0 aliphatic heterocycles. The van der Waals surface area contributed by atoms with Crippen molar-refractivity contribution in [3.63, 3.8) is 0 Å². The van der Waals surface area contributed by atoms with Gasteiger partial charge < -0.3 is 15.0 Å². The van der Waals surface area contributed by atoms with Crippen LogP contribution in [-0.4, -0.2) is 25.8 Å². The fourth-order valence-electron chi connectivity index (χ4n) is 2.07. The van der Waals surface area contributed by atoms with Crippen LogP contribution in [0.25, 0.3) is 0 Å². The Bertz CT molecular complexity index is 592. The van der Waals surface area contributed by atoms with Crippen molar-refractivity contribution in [2.24, 2.45) is 0 Å². The quantitative estimate of drug-likeness (QED) is 0.811. The topological polar surface area (TPSA) is 80.0 Å². The summed E-state index contributed by atoms with van der Waals surface area (Å²) in [6.45, 7) is 5.95. The number of aliphatic carboxylic acids is 1. The molecule has 0 amide bonds. The molecule has 0 bridgehead atoms. The van der Waals surface area contributed by atoms with Gasteiger partial charge in [0.25, 0.3) is 0 Å². The van der Waals surface area contributed by atoms with Crippen molar-refractivity contribution < 1.29 is 9.90 Å². The van der Waals surface area contributed by atoms with Crippen molar-refractivity contribution in [3.8, 4) is 0 Å². The molecule has 0 fully saturated rings. The lowest BCUT2D eigenvalue weighted by molar-refractivity contribution is -0.138. The molecule has 2 N–H and O–H groups in total. The zero-order valence-corrected chi connectivity index (χ0v) is 12.3. The Morgan fingerprint density at radius 2 is 2.05 bits per heavy atom. The van der Waals surface area contributed by atoms with Crippen molar-refractivity contribution in [1.29, 1.82) is 0 Å². The highest BCUT2D eigenvalue weighted by Crippen LogP contribution is 2.16. The first-order valence-electron chi connectivity index (χ1n) is 7.00. The van der Waals surface area contributed by atoms with Gasteiger partial charge in [-0.25, -0.2) is 0 Å². The summed E-state index contributed by atoms with van der Waals surface area (Å²) >= 11 is 0. The standard InChI is InChI=1S/C15H20N4O2/c1-3-19-10-17-18-14(19)9-16-8-12-4-6-13(7-5-12)11(2)15(20)21/h4-7,10-11,16H,3,8-9H2,1-2H3,(H,20,21). The van der Waals surface area contributed by atoms with Gasteiger partial charge in [0.05, 0.1) is 12.5 Å². The smallest absolute Gasteiger partial charge is 0.310 e. The number of nitrogens with zero attached hydrogens (tertiary/aromatic N) is 3. The summed E-state index contributed by atoms with van der Waals surface area (Å²) in [6.07, 6.45) is 1.72. The van der Waals surface area contributed by atoms with E-state index in [0.717, 1.165) is 23.5 Å². The molecule has 0 saturated heterocycles. The van der Waals surface area contributed by atoms with Gasteiger partial charge in [-0.05, 0) is 25.0 Å². The zero-order chi connectivity index (χ0) is 15.2. The Hall–Kier alpha value is -2.21. The third-order valence-corrected chi connectivity index (χ3v) is 3.50. The van der Waals surface area contributed by atoms with E-state index in [2.05, 4.69) is 22.4 Å². The van der Waals surface area contributed by atoms with E-state index in [0.29, 0.717) is 13.1 Å². The average Bonchev–Trinajstić information content (AvgIpc) is 2.94. The maximum atomic E-state index is 10.9. The van der Waals surface area contributed by atoms with Gasteiger partial charge in [0.1, 0.15) is 12.2 Å². The molecule has 0 spiro atoms. The number of benzene rings is 1. The van der Waals surface area contributed by atoms with Gasteiger partial charge >= 0.3 is 5.97 Å². The largest absolute Gasteiger partial charge is 0.481 e. The van der Waals surface area contributed by atoms with E-state index in [-0.39, 0.29) is 0 Å². The normalized spacial score (nSPS) is 12.3. The minimum Gasteiger partial charge on any atom is -0.481 e. The first-order chi connectivity index (χ1) is 10.1. The number of aryl methyl sites for hydroxylation is 1. The fourth-order valence-corrected chi connectivity index (χ4v) is 2.07. The highest BCUT2D eigenvalue weighted by atomic mass is 16.4. The van der Waals surface area contributed by atoms with Crippen molar-refractivity contribution in [2.45, 2.75) is 39.4 Å². The average molecular weight is 288 g/mol. The van der Waals surface area contributed by atoms with Crippen LogP contribution in [0.2, 0.25) is 0 Å². The molecule has 1 aromatic carbocycles. The molecule has 1 heterocycles. The molecule has 2 aromatic rings. The molecule has 0 saturated carbocycles. The van der Waals surface area contributed by atoms with Crippen molar-refractivity contribution in [2.75, 3.05) is 0 Å². The van der Waals surface area contributed by atoms with Gasteiger partial charge in [0.2, 0.25) is 0 Å². The van der Waals surface area contributed by atoms with Crippen LogP contribution < -0.4 is 5.32 Å². The summed E-state index contributed by atoms with van der Waals surface area (Å²) in [5, 5.41) is 20.2. The van der Waals surface area contributed by atoms with Crippen molar-refractivity contribution >= 4 is 5.97 Å². The van der Waals surface area contributed by atoms with Crippen molar-refractivity contribution in [1.82, 2.24) is 20.1 Å². The second kappa shape index (κ2) is 6.99. The molecular formula is C15H20N4O2. The van der Waals surface area contributed by atoms with Gasteiger partial charge in [0, 0.05) is 13.1 Å². The van der Waals surface area contributed by atoms with Gasteiger partial charge in [-0.1, -0.05) is 24.3 Å². The van der Waals surface area contributed by atoms with Gasteiger partial charge in [-0.15, -0.1) is 10.2 Å². The molecule has 1 aromatic heterocycles. The number of carboxylic acids is 1. The highest BCUT2D eigenvalue weighted by Gasteiger charge is 2.12. The summed E-state index contributed by atoms with van der Waals surface area (Å²) in [4.78, 5) is 10.9. The summed E-state index contributed by atoms with van der Waals surface area (Å²) < 4.78 is 1.99. The highest BCUT2D eigenvalue weighted by molar-refractivity contribution is 5.75. The lowest BCUT2D eigenvalue weighted by atomic mass is 10.0. The summed E-state index contributed by atoms with van der Waals surface area (Å²) in [5.74, 6) is -0.372. The molecule has 0 aliphatic carbocycles. The molecule has 6 heteroatoms. The van der Waals surface area contributed by atoms with Crippen LogP contribution in [0.3, 0.4) is 0 Å². The van der Waals surface area contributed by atoms with E-state index in [9.17, 15) is 4.79 Å². The summed E-state index contributed by atoms with van der Waals surface area (Å²) in [7, 11) is 0. The minimum atomic E-state index is -0.806. The van der Waals surface area contributed by atoms with Gasteiger partial charge in [-0.3, -0.25) is 4.79 Å². The molecular weight excluding hydrogens is 268 g/mol. The number of hydrogen-bond acceptors (Lipinski definition) is 4.